The second kappa shape index (κ2) is 8.77. The molecule has 5 atom stereocenters. The number of aliphatic hydroxyl groups is 1. The van der Waals surface area contributed by atoms with E-state index < -0.39 is 41.0 Å². The minimum Gasteiger partial charge on any atom is -0.465 e. The number of carbonyl (C=O) groups excluding carboxylic acids is 3. The summed E-state index contributed by atoms with van der Waals surface area (Å²) < 4.78 is 13.9. The number of aromatic nitrogens is 3. The first-order valence-electron chi connectivity index (χ1n) is 12.7. The molecule has 2 aromatic rings. The first-order chi connectivity index (χ1) is 18.0. The Morgan fingerprint density at radius 2 is 1.95 bits per heavy atom. The van der Waals surface area contributed by atoms with Gasteiger partial charge in [0.2, 0.25) is 5.91 Å². The minimum absolute atomic E-state index is 0.0540. The van der Waals surface area contributed by atoms with Crippen molar-refractivity contribution < 1.29 is 29.0 Å². The molecule has 2 saturated heterocycles. The quantitative estimate of drug-likeness (QED) is 0.462. The number of nitrogens with zero attached hydrogens (tertiary/aromatic N) is 5. The van der Waals surface area contributed by atoms with Gasteiger partial charge in [0.05, 0.1) is 24.6 Å². The van der Waals surface area contributed by atoms with Gasteiger partial charge in [-0.3, -0.25) is 14.4 Å². The van der Waals surface area contributed by atoms with Crippen molar-refractivity contribution in [2.75, 3.05) is 26.3 Å². The van der Waals surface area contributed by atoms with Crippen molar-refractivity contribution in [3.63, 3.8) is 0 Å². The van der Waals surface area contributed by atoms with Gasteiger partial charge in [0.15, 0.2) is 0 Å². The highest BCUT2D eigenvalue weighted by atomic mass is 16.6. The van der Waals surface area contributed by atoms with Crippen LogP contribution in [0.2, 0.25) is 0 Å². The van der Waals surface area contributed by atoms with Crippen LogP contribution in [-0.4, -0.2) is 91.2 Å². The van der Waals surface area contributed by atoms with Gasteiger partial charge < -0.3 is 24.4 Å². The van der Waals surface area contributed by atoms with E-state index in [-0.39, 0.29) is 38.9 Å². The van der Waals surface area contributed by atoms with Crippen LogP contribution in [0, 0.1) is 11.8 Å². The fourth-order valence-corrected chi connectivity index (χ4v) is 6.43. The molecular weight excluding hydrogens is 478 g/mol. The monoisotopic (exact) mass is 507 g/mol. The lowest BCUT2D eigenvalue weighted by Crippen LogP contribution is -2.56. The molecule has 1 unspecified atom stereocenters. The van der Waals surface area contributed by atoms with E-state index in [9.17, 15) is 19.5 Å². The second-order valence-corrected chi connectivity index (χ2v) is 9.92. The van der Waals surface area contributed by atoms with Crippen molar-refractivity contribution in [3.8, 4) is 0 Å². The summed E-state index contributed by atoms with van der Waals surface area (Å²) in [5.74, 6) is -3.09. The summed E-state index contributed by atoms with van der Waals surface area (Å²) >= 11 is 0. The van der Waals surface area contributed by atoms with Crippen LogP contribution in [0.4, 0.5) is 0 Å². The minimum atomic E-state index is -1.38. The number of para-hydroxylation sites is 1. The van der Waals surface area contributed by atoms with Crippen LogP contribution in [0.5, 0.6) is 0 Å². The third kappa shape index (κ3) is 3.37. The molecule has 0 bridgehead atoms. The maximum absolute atomic E-state index is 14.2. The first-order valence-corrected chi connectivity index (χ1v) is 12.7. The van der Waals surface area contributed by atoms with Crippen LogP contribution in [0.1, 0.15) is 19.8 Å². The summed E-state index contributed by atoms with van der Waals surface area (Å²) in [6, 6.07) is 6.41. The van der Waals surface area contributed by atoms with Crippen LogP contribution < -0.4 is 0 Å². The summed E-state index contributed by atoms with van der Waals surface area (Å²) in [6.07, 6.45) is 8.35. The Kier molecular flexibility index (Phi) is 5.64. The predicted molar refractivity (Wildman–Crippen MR) is 130 cm³/mol. The van der Waals surface area contributed by atoms with E-state index in [2.05, 4.69) is 10.3 Å². The van der Waals surface area contributed by atoms with Crippen LogP contribution in [0.15, 0.2) is 48.6 Å². The van der Waals surface area contributed by atoms with Crippen LogP contribution in [0.3, 0.4) is 0 Å². The highest BCUT2D eigenvalue weighted by Crippen LogP contribution is 2.58. The second-order valence-electron chi connectivity index (χ2n) is 9.92. The number of carbonyl (C=O) groups is 3. The Morgan fingerprint density at radius 1 is 1.11 bits per heavy atom. The van der Waals surface area contributed by atoms with E-state index >= 15 is 0 Å². The van der Waals surface area contributed by atoms with Gasteiger partial charge in [0.25, 0.3) is 5.91 Å². The molecule has 4 aliphatic rings. The number of ether oxygens (including phenoxy) is 2. The van der Waals surface area contributed by atoms with Crippen molar-refractivity contribution in [2.45, 2.75) is 43.7 Å². The number of likely N-dealkylation sites (tertiary alicyclic amines) is 1. The van der Waals surface area contributed by atoms with Gasteiger partial charge >= 0.3 is 5.97 Å². The summed E-state index contributed by atoms with van der Waals surface area (Å²) in [4.78, 5) is 44.4. The average molecular weight is 508 g/mol. The van der Waals surface area contributed by atoms with Crippen molar-refractivity contribution in [3.05, 3.63) is 48.6 Å². The van der Waals surface area contributed by atoms with Gasteiger partial charge in [-0.05, 0) is 25.0 Å². The molecule has 6 rings (SSSR count). The Balaban J connectivity index is 1.44. The SMILES string of the molecule is CC[C@]12C=CCCOC(=O)[C@H]1[C@H]1C(=O)N(CCO)C3C(=O)N(Cn4nnc5ccccc54)CC=C[C@@]31O2. The zero-order valence-corrected chi connectivity index (χ0v) is 20.5. The molecule has 1 aromatic carbocycles. The van der Waals surface area contributed by atoms with E-state index in [1.807, 2.05) is 49.4 Å². The lowest BCUT2D eigenvalue weighted by molar-refractivity contribution is -0.162. The maximum Gasteiger partial charge on any atom is 0.313 e. The molecule has 2 amide bonds. The highest BCUT2D eigenvalue weighted by Gasteiger charge is 2.75. The first kappa shape index (κ1) is 23.8. The fraction of sp³-hybridized carbons (Fsp3) is 0.500. The van der Waals surface area contributed by atoms with Crippen molar-refractivity contribution in [1.82, 2.24) is 24.8 Å². The molecule has 11 nitrogen and oxygen atoms in total. The molecule has 1 N–H and O–H groups in total. The molecule has 0 radical (unpaired) electrons. The lowest BCUT2D eigenvalue weighted by Gasteiger charge is -2.38. The Bertz CT molecular complexity index is 1320. The van der Waals surface area contributed by atoms with E-state index in [1.165, 1.54) is 4.90 Å². The molecule has 4 aliphatic heterocycles. The summed E-state index contributed by atoms with van der Waals surface area (Å²) in [5, 5.41) is 18.2. The topological polar surface area (TPSA) is 127 Å². The van der Waals surface area contributed by atoms with Gasteiger partial charge in [0.1, 0.15) is 35.3 Å². The van der Waals surface area contributed by atoms with Crippen LogP contribution in [-0.2, 0) is 30.5 Å². The Hall–Kier alpha value is -3.57. The average Bonchev–Trinajstić information content (AvgIpc) is 3.46. The number of hydrogen-bond donors (Lipinski definition) is 1. The Morgan fingerprint density at radius 3 is 2.76 bits per heavy atom. The number of benzene rings is 1. The van der Waals surface area contributed by atoms with E-state index in [0.717, 1.165) is 5.52 Å². The van der Waals surface area contributed by atoms with Gasteiger partial charge in [0, 0.05) is 13.1 Å². The number of hydrogen-bond acceptors (Lipinski definition) is 8. The normalized spacial score (nSPS) is 33.1. The maximum atomic E-state index is 14.2. The molecule has 0 saturated carbocycles. The summed E-state index contributed by atoms with van der Waals surface area (Å²) in [5.41, 5.74) is -0.972. The lowest BCUT2D eigenvalue weighted by atomic mass is 9.73. The molecule has 194 valence electrons. The van der Waals surface area contributed by atoms with Gasteiger partial charge in [-0.2, -0.15) is 0 Å². The number of amides is 2. The van der Waals surface area contributed by atoms with Gasteiger partial charge in [-0.15, -0.1) is 5.10 Å². The summed E-state index contributed by atoms with van der Waals surface area (Å²) in [7, 11) is 0. The Labute approximate surface area is 213 Å². The number of β-amino-alcohol motifs (C(OH)–C–C–N with tert-alkyl or cyclic N) is 1. The number of rotatable bonds is 5. The molecule has 1 aromatic heterocycles. The molecule has 1 spiro atoms. The summed E-state index contributed by atoms with van der Waals surface area (Å²) in [6.45, 7) is 2.11. The highest BCUT2D eigenvalue weighted by molar-refractivity contribution is 5.99. The third-order valence-electron chi connectivity index (χ3n) is 8.05. The number of aliphatic hydroxyl groups excluding tert-OH is 1. The smallest absolute Gasteiger partial charge is 0.313 e. The number of cyclic esters (lactones) is 1. The van der Waals surface area contributed by atoms with Gasteiger partial charge in [-0.25, -0.2) is 4.68 Å². The molecule has 37 heavy (non-hydrogen) atoms. The zero-order valence-electron chi connectivity index (χ0n) is 20.5. The van der Waals surface area contributed by atoms with E-state index in [0.29, 0.717) is 18.4 Å². The largest absolute Gasteiger partial charge is 0.465 e. The third-order valence-corrected chi connectivity index (χ3v) is 8.05. The van der Waals surface area contributed by atoms with E-state index in [1.54, 1.807) is 15.7 Å². The molecule has 0 aliphatic carbocycles. The standard InChI is InChI=1S/C26H29N5O6/c1-2-25-10-5-6-15-36-24(35)20(25)19-22(33)30(13-14-32)21-23(34)29(12-7-11-26(19,21)37-25)16-31-18-9-4-3-8-17(18)27-28-31/h3-5,7-11,19-21,32H,2,6,12-16H2,1H3/t19-,20+,21?,25-,26-/m0/s1. The van der Waals surface area contributed by atoms with Crippen molar-refractivity contribution in [1.29, 1.82) is 0 Å². The number of esters is 1. The van der Waals surface area contributed by atoms with Crippen LogP contribution in [0.25, 0.3) is 11.0 Å². The van der Waals surface area contributed by atoms with Crippen molar-refractivity contribution in [2.24, 2.45) is 11.8 Å². The zero-order chi connectivity index (χ0) is 25.8. The molecular formula is C26H29N5O6. The molecule has 2 fully saturated rings. The molecule has 11 heteroatoms. The van der Waals surface area contributed by atoms with Gasteiger partial charge in [-0.1, -0.05) is 48.6 Å². The number of fused-ring (bicyclic) bond motifs is 3. The van der Waals surface area contributed by atoms with E-state index in [4.69, 9.17) is 9.47 Å². The predicted octanol–water partition coefficient (Wildman–Crippen LogP) is 0.644. The van der Waals surface area contributed by atoms with Crippen molar-refractivity contribution >= 4 is 28.8 Å². The fourth-order valence-electron chi connectivity index (χ4n) is 6.43. The molecule has 5 heterocycles. The van der Waals surface area contributed by atoms with Crippen LogP contribution >= 0.6 is 0 Å².